The highest BCUT2D eigenvalue weighted by molar-refractivity contribution is 6.36. The van der Waals surface area contributed by atoms with Gasteiger partial charge in [0.25, 0.3) is 11.8 Å². The Labute approximate surface area is 249 Å². The van der Waals surface area contributed by atoms with Gasteiger partial charge in [0.1, 0.15) is 0 Å². The molecule has 4 heteroatoms. The molecule has 1 aliphatic rings. The summed E-state index contributed by atoms with van der Waals surface area (Å²) in [5.74, 6) is -0.630. The topological polar surface area (TPSA) is 42.3 Å². The third-order valence-corrected chi connectivity index (χ3v) is 8.49. The van der Waals surface area contributed by atoms with Gasteiger partial charge >= 0.3 is 0 Å². The number of amides is 2. The van der Waals surface area contributed by atoms with E-state index in [0.717, 1.165) is 38.5 Å². The molecule has 0 spiro atoms. The van der Waals surface area contributed by atoms with Gasteiger partial charge in [0.2, 0.25) is 0 Å². The first-order valence-electron chi connectivity index (χ1n) is 14.4. The summed E-state index contributed by atoms with van der Waals surface area (Å²) in [6, 6.07) is 46.1. The van der Waals surface area contributed by atoms with Crippen LogP contribution in [0, 0.1) is 6.92 Å². The molecule has 204 valence electrons. The van der Waals surface area contributed by atoms with Crippen molar-refractivity contribution in [1.82, 2.24) is 4.57 Å². The van der Waals surface area contributed by atoms with Crippen LogP contribution in [0.1, 0.15) is 26.3 Å². The van der Waals surface area contributed by atoms with E-state index in [1.54, 1.807) is 6.07 Å². The molecule has 0 atom stereocenters. The number of hydrogen-bond donors (Lipinski definition) is 0. The first-order chi connectivity index (χ1) is 21.1. The monoisotopic (exact) mass is 554 g/mol. The van der Waals surface area contributed by atoms with Gasteiger partial charge in [-0.05, 0) is 65.6 Å². The standard InChI is InChI=1S/C39H26N2O2/c1-25-12-5-6-15-28(25)27-22-23-35-32(24-27)30-17-8-10-20-34(30)40(35)36-21-11-18-31-37(36)39(43)41(38(31)42)33-19-9-7-16-29(33)26-13-3-2-4-14-26/h2-24H,1H3. The number of carbonyl (C=O) groups excluding carboxylic acids is 2. The van der Waals surface area contributed by atoms with Crippen LogP contribution in [-0.2, 0) is 0 Å². The molecule has 2 heterocycles. The molecule has 43 heavy (non-hydrogen) atoms. The number of para-hydroxylation sites is 2. The molecule has 0 unspecified atom stereocenters. The summed E-state index contributed by atoms with van der Waals surface area (Å²) >= 11 is 0. The van der Waals surface area contributed by atoms with E-state index in [-0.39, 0.29) is 11.8 Å². The van der Waals surface area contributed by atoms with E-state index in [1.807, 2.05) is 78.9 Å². The molecule has 0 fully saturated rings. The number of carbonyl (C=O) groups is 2. The number of aryl methyl sites for hydroxylation is 1. The number of anilines is 1. The minimum atomic E-state index is -0.318. The Balaban J connectivity index is 1.33. The molecule has 0 saturated heterocycles. The summed E-state index contributed by atoms with van der Waals surface area (Å²) in [5.41, 5.74) is 9.40. The van der Waals surface area contributed by atoms with Gasteiger partial charge < -0.3 is 4.57 Å². The number of benzene rings is 6. The van der Waals surface area contributed by atoms with Crippen LogP contribution >= 0.6 is 0 Å². The molecule has 8 rings (SSSR count). The van der Waals surface area contributed by atoms with Crippen molar-refractivity contribution in [2.75, 3.05) is 4.90 Å². The third kappa shape index (κ3) is 3.77. The fourth-order valence-electron chi connectivity index (χ4n) is 6.50. The van der Waals surface area contributed by atoms with Crippen LogP contribution < -0.4 is 4.90 Å². The van der Waals surface area contributed by atoms with Gasteiger partial charge in [-0.3, -0.25) is 9.59 Å². The molecule has 1 aromatic heterocycles. The van der Waals surface area contributed by atoms with Crippen LogP contribution in [-0.4, -0.2) is 16.4 Å². The largest absolute Gasteiger partial charge is 0.308 e. The molecule has 0 N–H and O–H groups in total. The lowest BCUT2D eigenvalue weighted by Gasteiger charge is -2.18. The van der Waals surface area contributed by atoms with Gasteiger partial charge in [-0.1, -0.05) is 103 Å². The van der Waals surface area contributed by atoms with Gasteiger partial charge in [0, 0.05) is 16.3 Å². The van der Waals surface area contributed by atoms with Crippen molar-refractivity contribution >= 4 is 39.3 Å². The number of rotatable bonds is 4. The van der Waals surface area contributed by atoms with Gasteiger partial charge in [-0.2, -0.15) is 0 Å². The Hall–Kier alpha value is -5.74. The lowest BCUT2D eigenvalue weighted by molar-refractivity contribution is 0.0926. The molecule has 1 aliphatic heterocycles. The van der Waals surface area contributed by atoms with E-state index in [1.165, 1.54) is 16.0 Å². The van der Waals surface area contributed by atoms with E-state index >= 15 is 0 Å². The van der Waals surface area contributed by atoms with E-state index < -0.39 is 0 Å². The molecule has 7 aromatic rings. The van der Waals surface area contributed by atoms with Gasteiger partial charge in [-0.15, -0.1) is 0 Å². The molecule has 0 bridgehead atoms. The fraction of sp³-hybridized carbons (Fsp3) is 0.0256. The summed E-state index contributed by atoms with van der Waals surface area (Å²) in [4.78, 5) is 29.7. The first kappa shape index (κ1) is 25.0. The van der Waals surface area contributed by atoms with Crippen LogP contribution in [0.3, 0.4) is 0 Å². The molecule has 0 radical (unpaired) electrons. The van der Waals surface area contributed by atoms with Crippen molar-refractivity contribution in [3.8, 4) is 27.9 Å². The second-order valence-electron chi connectivity index (χ2n) is 10.9. The maximum Gasteiger partial charge on any atom is 0.268 e. The average molecular weight is 555 g/mol. The maximum absolute atomic E-state index is 14.3. The van der Waals surface area contributed by atoms with E-state index in [2.05, 4.69) is 66.1 Å². The van der Waals surface area contributed by atoms with Crippen molar-refractivity contribution in [3.05, 3.63) is 156 Å². The molecular weight excluding hydrogens is 528 g/mol. The zero-order chi connectivity index (χ0) is 29.1. The van der Waals surface area contributed by atoms with Crippen molar-refractivity contribution in [2.45, 2.75) is 6.92 Å². The predicted octanol–water partition coefficient (Wildman–Crippen LogP) is 9.23. The fourth-order valence-corrected chi connectivity index (χ4v) is 6.50. The summed E-state index contributed by atoms with van der Waals surface area (Å²) < 4.78 is 2.13. The Morgan fingerprint density at radius 3 is 1.95 bits per heavy atom. The van der Waals surface area contributed by atoms with Crippen molar-refractivity contribution in [1.29, 1.82) is 0 Å². The highest BCUT2D eigenvalue weighted by Gasteiger charge is 2.40. The summed E-state index contributed by atoms with van der Waals surface area (Å²) in [5, 5.41) is 2.19. The summed E-state index contributed by atoms with van der Waals surface area (Å²) in [6.45, 7) is 2.13. The van der Waals surface area contributed by atoms with Gasteiger partial charge in [0.15, 0.2) is 0 Å². The summed E-state index contributed by atoms with van der Waals surface area (Å²) in [6.07, 6.45) is 0. The average Bonchev–Trinajstić information content (AvgIpc) is 3.52. The minimum absolute atomic E-state index is 0.312. The van der Waals surface area contributed by atoms with Gasteiger partial charge in [0.05, 0.1) is 33.5 Å². The van der Waals surface area contributed by atoms with Crippen molar-refractivity contribution in [2.24, 2.45) is 0 Å². The highest BCUT2D eigenvalue weighted by atomic mass is 16.2. The van der Waals surface area contributed by atoms with Crippen LogP contribution in [0.15, 0.2) is 140 Å². The zero-order valence-electron chi connectivity index (χ0n) is 23.5. The number of aromatic nitrogens is 1. The number of hydrogen-bond acceptors (Lipinski definition) is 2. The second-order valence-corrected chi connectivity index (χ2v) is 10.9. The SMILES string of the molecule is Cc1ccccc1-c1ccc2c(c1)c1ccccc1n2-c1cccc2c1C(=O)N(c1ccccc1-c1ccccc1)C2=O. The Morgan fingerprint density at radius 1 is 0.465 bits per heavy atom. The number of imide groups is 1. The van der Waals surface area contributed by atoms with Crippen LogP contribution in [0.5, 0.6) is 0 Å². The van der Waals surface area contributed by atoms with E-state index in [4.69, 9.17) is 0 Å². The molecule has 2 amide bonds. The van der Waals surface area contributed by atoms with Crippen molar-refractivity contribution in [3.63, 3.8) is 0 Å². The predicted molar refractivity (Wildman–Crippen MR) is 174 cm³/mol. The van der Waals surface area contributed by atoms with Crippen LogP contribution in [0.2, 0.25) is 0 Å². The Kier molecular flexibility index (Phi) is 5.63. The molecule has 0 saturated carbocycles. The molecule has 4 nitrogen and oxygen atoms in total. The van der Waals surface area contributed by atoms with E-state index in [9.17, 15) is 9.59 Å². The van der Waals surface area contributed by atoms with Crippen molar-refractivity contribution < 1.29 is 9.59 Å². The molecule has 6 aromatic carbocycles. The lowest BCUT2D eigenvalue weighted by Crippen LogP contribution is -2.30. The van der Waals surface area contributed by atoms with Crippen LogP contribution in [0.25, 0.3) is 49.7 Å². The maximum atomic E-state index is 14.3. The Bertz CT molecular complexity index is 2240. The van der Waals surface area contributed by atoms with Gasteiger partial charge in [-0.25, -0.2) is 4.90 Å². The minimum Gasteiger partial charge on any atom is -0.308 e. The highest BCUT2D eigenvalue weighted by Crippen LogP contribution is 2.41. The second kappa shape index (κ2) is 9.68. The molecule has 0 aliphatic carbocycles. The lowest BCUT2D eigenvalue weighted by atomic mass is 9.99. The van der Waals surface area contributed by atoms with Crippen LogP contribution in [0.4, 0.5) is 5.69 Å². The molecular formula is C39H26N2O2. The zero-order valence-corrected chi connectivity index (χ0v) is 23.5. The quantitative estimate of drug-likeness (QED) is 0.204. The number of fused-ring (bicyclic) bond motifs is 4. The Morgan fingerprint density at radius 2 is 1.12 bits per heavy atom. The first-order valence-corrected chi connectivity index (χ1v) is 14.4. The smallest absolute Gasteiger partial charge is 0.268 e. The third-order valence-electron chi connectivity index (χ3n) is 8.49. The number of nitrogens with zero attached hydrogens (tertiary/aromatic N) is 2. The van der Waals surface area contributed by atoms with E-state index in [0.29, 0.717) is 22.5 Å². The summed E-state index contributed by atoms with van der Waals surface area (Å²) in [7, 11) is 0. The normalized spacial score (nSPS) is 12.8.